The summed E-state index contributed by atoms with van der Waals surface area (Å²) in [6.45, 7) is 3.94. The number of hydrogen-bond acceptors (Lipinski definition) is 5. The van der Waals surface area contributed by atoms with Gasteiger partial charge in [-0.25, -0.2) is 9.97 Å². The third kappa shape index (κ3) is 6.68. The van der Waals surface area contributed by atoms with Crippen molar-refractivity contribution in [3.05, 3.63) is 52.3 Å². The zero-order valence-corrected chi connectivity index (χ0v) is 15.6. The Kier molecular flexibility index (Phi) is 7.16. The Morgan fingerprint density at radius 3 is 2.72 bits per heavy atom. The molecule has 0 bridgehead atoms. The van der Waals surface area contributed by atoms with Crippen molar-refractivity contribution in [3.63, 3.8) is 0 Å². The number of likely N-dealkylation sites (N-methyl/N-ethyl adjacent to an activating group) is 1. The number of benzene rings is 1. The molecule has 0 atom stereocenters. The maximum absolute atomic E-state index is 12.3. The molecule has 0 aliphatic heterocycles. The van der Waals surface area contributed by atoms with Gasteiger partial charge in [0.15, 0.2) is 0 Å². The molecule has 25 heavy (non-hydrogen) atoms. The summed E-state index contributed by atoms with van der Waals surface area (Å²) in [5.41, 5.74) is 2.20. The highest BCUT2D eigenvalue weighted by molar-refractivity contribution is 6.30. The van der Waals surface area contributed by atoms with Crippen LogP contribution in [0.3, 0.4) is 0 Å². The van der Waals surface area contributed by atoms with Gasteiger partial charge in [-0.15, -0.1) is 0 Å². The van der Waals surface area contributed by atoms with E-state index in [0.717, 1.165) is 17.8 Å². The van der Waals surface area contributed by atoms with E-state index in [0.29, 0.717) is 36.2 Å². The van der Waals surface area contributed by atoms with Crippen LogP contribution in [0, 0.1) is 6.92 Å². The van der Waals surface area contributed by atoms with Crippen LogP contribution >= 0.6 is 11.6 Å². The molecule has 1 heterocycles. The van der Waals surface area contributed by atoms with Gasteiger partial charge in [0.05, 0.1) is 0 Å². The minimum Gasteiger partial charge on any atom is -0.353 e. The van der Waals surface area contributed by atoms with E-state index in [1.807, 2.05) is 45.3 Å². The van der Waals surface area contributed by atoms with E-state index in [4.69, 9.17) is 11.6 Å². The van der Waals surface area contributed by atoms with Crippen molar-refractivity contribution >= 4 is 23.5 Å². The summed E-state index contributed by atoms with van der Waals surface area (Å²) >= 11 is 5.96. The van der Waals surface area contributed by atoms with Gasteiger partial charge in [0.25, 0.3) is 5.91 Å². The molecule has 1 amide bonds. The van der Waals surface area contributed by atoms with Crippen LogP contribution < -0.4 is 10.6 Å². The summed E-state index contributed by atoms with van der Waals surface area (Å²) in [7, 11) is 4.00. The van der Waals surface area contributed by atoms with Gasteiger partial charge in [0.2, 0.25) is 5.95 Å². The molecular formula is C18H24ClN5O. The highest BCUT2D eigenvalue weighted by Crippen LogP contribution is 2.11. The molecule has 0 saturated heterocycles. The molecule has 134 valence electrons. The van der Waals surface area contributed by atoms with Crippen LogP contribution in [0.1, 0.15) is 21.7 Å². The van der Waals surface area contributed by atoms with E-state index >= 15 is 0 Å². The van der Waals surface area contributed by atoms with Crippen LogP contribution in [0.5, 0.6) is 0 Å². The fourth-order valence-electron chi connectivity index (χ4n) is 2.26. The van der Waals surface area contributed by atoms with Gasteiger partial charge in [-0.2, -0.15) is 0 Å². The molecule has 0 radical (unpaired) electrons. The summed E-state index contributed by atoms with van der Waals surface area (Å²) in [6, 6.07) is 9.30. The number of carbonyl (C=O) groups is 1. The fraction of sp³-hybridized carbons (Fsp3) is 0.389. The zero-order valence-electron chi connectivity index (χ0n) is 14.8. The number of aromatic nitrogens is 2. The highest BCUT2D eigenvalue weighted by Gasteiger charge is 2.10. The van der Waals surface area contributed by atoms with E-state index in [9.17, 15) is 4.79 Å². The van der Waals surface area contributed by atoms with E-state index in [1.165, 1.54) is 0 Å². The second-order valence-electron chi connectivity index (χ2n) is 6.08. The molecule has 0 spiro atoms. The topological polar surface area (TPSA) is 70.2 Å². The van der Waals surface area contributed by atoms with Crippen molar-refractivity contribution in [1.82, 2.24) is 20.2 Å². The first kappa shape index (κ1) is 19.1. The number of rotatable bonds is 8. The summed E-state index contributed by atoms with van der Waals surface area (Å²) in [5.74, 6) is 0.269. The van der Waals surface area contributed by atoms with Crippen LogP contribution in [-0.2, 0) is 6.42 Å². The number of anilines is 1. The Hall–Kier alpha value is -2.18. The molecule has 0 aliphatic carbocycles. The number of amides is 1. The molecule has 0 unspecified atom stereocenters. The third-order valence-corrected chi connectivity index (χ3v) is 3.75. The molecular weight excluding hydrogens is 338 g/mol. The second-order valence-corrected chi connectivity index (χ2v) is 6.52. The Labute approximate surface area is 153 Å². The van der Waals surface area contributed by atoms with Crippen molar-refractivity contribution < 1.29 is 4.79 Å². The van der Waals surface area contributed by atoms with Gasteiger partial charge in [-0.3, -0.25) is 4.79 Å². The fourth-order valence-corrected chi connectivity index (χ4v) is 2.47. The highest BCUT2D eigenvalue weighted by atomic mass is 35.5. The molecule has 0 aliphatic rings. The molecule has 7 heteroatoms. The van der Waals surface area contributed by atoms with Gasteiger partial charge >= 0.3 is 0 Å². The average molecular weight is 362 g/mol. The maximum Gasteiger partial charge on any atom is 0.270 e. The summed E-state index contributed by atoms with van der Waals surface area (Å²) in [4.78, 5) is 23.0. The molecule has 0 fully saturated rings. The smallest absolute Gasteiger partial charge is 0.270 e. The molecule has 2 rings (SSSR count). The number of halogens is 1. The predicted octanol–water partition coefficient (Wildman–Crippen LogP) is 2.38. The SMILES string of the molecule is Cc1cc(C(=O)NCCc2cccc(Cl)c2)nc(NCCN(C)C)n1. The summed E-state index contributed by atoms with van der Waals surface area (Å²) < 4.78 is 0. The second kappa shape index (κ2) is 9.34. The largest absolute Gasteiger partial charge is 0.353 e. The number of carbonyl (C=O) groups excluding carboxylic acids is 1. The van der Waals surface area contributed by atoms with Gasteiger partial charge < -0.3 is 15.5 Å². The van der Waals surface area contributed by atoms with Crippen LogP contribution in [0.4, 0.5) is 5.95 Å². The van der Waals surface area contributed by atoms with Gasteiger partial charge in [-0.1, -0.05) is 23.7 Å². The number of nitrogens with zero attached hydrogens (tertiary/aromatic N) is 3. The molecule has 1 aromatic carbocycles. The number of nitrogens with one attached hydrogen (secondary N) is 2. The Morgan fingerprint density at radius 2 is 2.00 bits per heavy atom. The standard InChI is InChI=1S/C18H24ClN5O/c1-13-11-16(23-18(22-13)21-9-10-24(2)3)17(25)20-8-7-14-5-4-6-15(19)12-14/h4-6,11-12H,7-10H2,1-3H3,(H,20,25)(H,21,22,23). The zero-order chi connectivity index (χ0) is 18.2. The normalized spacial score (nSPS) is 10.8. The van der Waals surface area contributed by atoms with Crippen molar-refractivity contribution in [2.45, 2.75) is 13.3 Å². The van der Waals surface area contributed by atoms with Gasteiger partial charge in [-0.05, 0) is 51.2 Å². The molecule has 0 saturated carbocycles. The number of hydrogen-bond donors (Lipinski definition) is 2. The van der Waals surface area contributed by atoms with Crippen molar-refractivity contribution in [3.8, 4) is 0 Å². The van der Waals surface area contributed by atoms with Crippen LogP contribution in [-0.4, -0.2) is 54.5 Å². The van der Waals surface area contributed by atoms with E-state index in [1.54, 1.807) is 6.07 Å². The predicted molar refractivity (Wildman–Crippen MR) is 101 cm³/mol. The lowest BCUT2D eigenvalue weighted by Crippen LogP contribution is -2.27. The van der Waals surface area contributed by atoms with E-state index in [-0.39, 0.29) is 5.91 Å². The lowest BCUT2D eigenvalue weighted by Gasteiger charge is -2.11. The van der Waals surface area contributed by atoms with Crippen molar-refractivity contribution in [1.29, 1.82) is 0 Å². The first-order valence-corrected chi connectivity index (χ1v) is 8.59. The van der Waals surface area contributed by atoms with Crippen molar-refractivity contribution in [2.24, 2.45) is 0 Å². The van der Waals surface area contributed by atoms with Gasteiger partial charge in [0.1, 0.15) is 5.69 Å². The van der Waals surface area contributed by atoms with Gasteiger partial charge in [0, 0.05) is 30.4 Å². The monoisotopic (exact) mass is 361 g/mol. The third-order valence-electron chi connectivity index (χ3n) is 3.52. The Bertz CT molecular complexity index is 720. The Balaban J connectivity index is 1.90. The van der Waals surface area contributed by atoms with Crippen LogP contribution in [0.2, 0.25) is 5.02 Å². The van der Waals surface area contributed by atoms with Crippen molar-refractivity contribution in [2.75, 3.05) is 39.0 Å². The molecule has 2 N–H and O–H groups in total. The summed E-state index contributed by atoms with van der Waals surface area (Å²) in [5, 5.41) is 6.73. The lowest BCUT2D eigenvalue weighted by atomic mass is 10.1. The van der Waals surface area contributed by atoms with Crippen LogP contribution in [0.25, 0.3) is 0 Å². The molecule has 2 aromatic rings. The quantitative estimate of drug-likeness (QED) is 0.755. The molecule has 6 nitrogen and oxygen atoms in total. The minimum absolute atomic E-state index is 0.205. The van der Waals surface area contributed by atoms with E-state index < -0.39 is 0 Å². The first-order valence-electron chi connectivity index (χ1n) is 8.21. The number of aryl methyl sites for hydroxylation is 1. The van der Waals surface area contributed by atoms with Crippen LogP contribution in [0.15, 0.2) is 30.3 Å². The average Bonchev–Trinajstić information content (AvgIpc) is 2.54. The summed E-state index contributed by atoms with van der Waals surface area (Å²) in [6.07, 6.45) is 0.713. The molecule has 1 aromatic heterocycles. The Morgan fingerprint density at radius 1 is 1.20 bits per heavy atom. The lowest BCUT2D eigenvalue weighted by molar-refractivity contribution is 0.0949. The minimum atomic E-state index is -0.205. The van der Waals surface area contributed by atoms with E-state index in [2.05, 4.69) is 25.5 Å². The first-order chi connectivity index (χ1) is 11.9. The maximum atomic E-state index is 12.3.